The lowest BCUT2D eigenvalue weighted by molar-refractivity contribution is 0.248. The number of benzene rings is 1. The van der Waals surface area contributed by atoms with Crippen LogP contribution in [0.25, 0.3) is 0 Å². The van der Waals surface area contributed by atoms with Crippen molar-refractivity contribution in [3.63, 3.8) is 0 Å². The average Bonchev–Trinajstić information content (AvgIpc) is 2.65. The quantitative estimate of drug-likeness (QED) is 0.923. The summed E-state index contributed by atoms with van der Waals surface area (Å²) in [5.41, 5.74) is 0.679. The summed E-state index contributed by atoms with van der Waals surface area (Å²) < 4.78 is 27.2. The van der Waals surface area contributed by atoms with E-state index in [2.05, 4.69) is 0 Å². The van der Waals surface area contributed by atoms with Gasteiger partial charge in [-0.25, -0.2) is 8.42 Å². The van der Waals surface area contributed by atoms with Crippen molar-refractivity contribution < 1.29 is 13.5 Å². The van der Waals surface area contributed by atoms with Crippen molar-refractivity contribution in [2.45, 2.75) is 37.5 Å². The van der Waals surface area contributed by atoms with Crippen LogP contribution in [-0.4, -0.2) is 37.5 Å². The van der Waals surface area contributed by atoms with Gasteiger partial charge in [-0.05, 0) is 50.2 Å². The van der Waals surface area contributed by atoms with Crippen molar-refractivity contribution in [1.82, 2.24) is 4.31 Å². The number of rotatable bonds is 4. The molecular formula is C15H22ClNO3S. The van der Waals surface area contributed by atoms with Gasteiger partial charge in [0, 0.05) is 19.7 Å². The monoisotopic (exact) mass is 331 g/mol. The van der Waals surface area contributed by atoms with Gasteiger partial charge in [0.25, 0.3) is 0 Å². The highest BCUT2D eigenvalue weighted by molar-refractivity contribution is 7.89. The summed E-state index contributed by atoms with van der Waals surface area (Å²) >= 11 is 6.11. The Hall–Kier alpha value is -0.620. The maximum Gasteiger partial charge on any atom is 0.244 e. The molecule has 6 heteroatoms. The zero-order valence-corrected chi connectivity index (χ0v) is 13.8. The molecular weight excluding hydrogens is 310 g/mol. The number of sulfonamides is 1. The lowest BCUT2D eigenvalue weighted by Crippen LogP contribution is -2.32. The van der Waals surface area contributed by atoms with E-state index < -0.39 is 10.0 Å². The maximum absolute atomic E-state index is 12.8. The zero-order chi connectivity index (χ0) is 15.5. The standard InChI is InChI=1S/C15H22ClNO3S/c1-12-4-2-6-14(16)15(12)21(19,20)17-9-3-5-13(7-10-17)8-11-18/h2,4,6,13,18H,3,5,7-11H2,1H3. The zero-order valence-electron chi connectivity index (χ0n) is 12.3. The predicted octanol–water partition coefficient (Wildman–Crippen LogP) is 2.82. The number of aryl methyl sites for hydroxylation is 1. The molecule has 1 fully saturated rings. The summed E-state index contributed by atoms with van der Waals surface area (Å²) in [5, 5.41) is 9.32. The number of aliphatic hydroxyl groups excluding tert-OH is 1. The molecule has 0 radical (unpaired) electrons. The second kappa shape index (κ2) is 7.09. The first-order valence-electron chi connectivity index (χ1n) is 7.33. The summed E-state index contributed by atoms with van der Waals surface area (Å²) in [4.78, 5) is 0.229. The molecule has 21 heavy (non-hydrogen) atoms. The molecule has 0 aliphatic carbocycles. The van der Waals surface area contributed by atoms with E-state index in [9.17, 15) is 8.42 Å². The van der Waals surface area contributed by atoms with Crippen LogP contribution in [0.3, 0.4) is 0 Å². The van der Waals surface area contributed by atoms with Crippen LogP contribution in [0, 0.1) is 12.8 Å². The van der Waals surface area contributed by atoms with E-state index in [0.717, 1.165) is 25.7 Å². The van der Waals surface area contributed by atoms with Gasteiger partial charge in [0.05, 0.1) is 5.02 Å². The highest BCUT2D eigenvalue weighted by Gasteiger charge is 2.30. The Morgan fingerprint density at radius 3 is 2.76 bits per heavy atom. The molecule has 1 aliphatic heterocycles. The molecule has 0 spiro atoms. The molecule has 0 amide bonds. The van der Waals surface area contributed by atoms with Crippen molar-refractivity contribution >= 4 is 21.6 Å². The van der Waals surface area contributed by atoms with Crippen molar-refractivity contribution in [3.05, 3.63) is 28.8 Å². The van der Waals surface area contributed by atoms with Crippen molar-refractivity contribution in [2.24, 2.45) is 5.92 Å². The van der Waals surface area contributed by atoms with Gasteiger partial charge in [0.15, 0.2) is 0 Å². The molecule has 1 saturated heterocycles. The number of nitrogens with zero attached hydrogens (tertiary/aromatic N) is 1. The topological polar surface area (TPSA) is 57.6 Å². The molecule has 0 aromatic heterocycles. The van der Waals surface area contributed by atoms with Gasteiger partial charge in [-0.3, -0.25) is 0 Å². The SMILES string of the molecule is Cc1cccc(Cl)c1S(=O)(=O)N1CCCC(CCO)CC1. The fraction of sp³-hybridized carbons (Fsp3) is 0.600. The van der Waals surface area contributed by atoms with Crippen LogP contribution in [0.5, 0.6) is 0 Å². The van der Waals surface area contributed by atoms with Gasteiger partial charge in [-0.15, -0.1) is 0 Å². The molecule has 118 valence electrons. The van der Waals surface area contributed by atoms with Crippen LogP contribution in [0.2, 0.25) is 5.02 Å². The average molecular weight is 332 g/mol. The second-order valence-electron chi connectivity index (χ2n) is 5.60. The summed E-state index contributed by atoms with van der Waals surface area (Å²) in [6, 6.07) is 5.15. The molecule has 1 atom stereocenters. The van der Waals surface area contributed by atoms with E-state index >= 15 is 0 Å². The molecule has 0 bridgehead atoms. The third-order valence-corrected chi connectivity index (χ3v) is 6.64. The summed E-state index contributed by atoms with van der Waals surface area (Å²) in [7, 11) is -3.55. The first kappa shape index (κ1) is 16.7. The van der Waals surface area contributed by atoms with E-state index in [1.54, 1.807) is 29.4 Å². The van der Waals surface area contributed by atoms with Gasteiger partial charge >= 0.3 is 0 Å². The van der Waals surface area contributed by atoms with Crippen LogP contribution in [-0.2, 0) is 10.0 Å². The lowest BCUT2D eigenvalue weighted by Gasteiger charge is -2.22. The minimum Gasteiger partial charge on any atom is -0.396 e. The molecule has 4 nitrogen and oxygen atoms in total. The fourth-order valence-electron chi connectivity index (χ4n) is 2.92. The van der Waals surface area contributed by atoms with Crippen molar-refractivity contribution in [2.75, 3.05) is 19.7 Å². The Bertz CT molecular complexity index is 568. The van der Waals surface area contributed by atoms with Gasteiger partial charge in [0.2, 0.25) is 10.0 Å². The predicted molar refractivity (Wildman–Crippen MR) is 84.0 cm³/mol. The van der Waals surface area contributed by atoms with Crippen LogP contribution in [0.4, 0.5) is 0 Å². The third-order valence-electron chi connectivity index (χ3n) is 4.11. The molecule has 1 N–H and O–H groups in total. The highest BCUT2D eigenvalue weighted by Crippen LogP contribution is 2.30. The van der Waals surface area contributed by atoms with E-state index in [0.29, 0.717) is 24.6 Å². The van der Waals surface area contributed by atoms with Gasteiger partial charge in [-0.2, -0.15) is 4.31 Å². The molecule has 1 aromatic carbocycles. The van der Waals surface area contributed by atoms with Crippen LogP contribution < -0.4 is 0 Å². The first-order chi connectivity index (χ1) is 9.96. The minimum absolute atomic E-state index is 0.168. The Morgan fingerprint density at radius 1 is 1.33 bits per heavy atom. The van der Waals surface area contributed by atoms with E-state index in [-0.39, 0.29) is 16.5 Å². The largest absolute Gasteiger partial charge is 0.396 e. The Balaban J connectivity index is 2.24. The minimum atomic E-state index is -3.55. The molecule has 1 unspecified atom stereocenters. The molecule has 1 aliphatic rings. The van der Waals surface area contributed by atoms with Gasteiger partial charge in [0.1, 0.15) is 4.90 Å². The Kier molecular flexibility index (Phi) is 5.66. The molecule has 1 heterocycles. The summed E-state index contributed by atoms with van der Waals surface area (Å²) in [6.45, 7) is 2.96. The maximum atomic E-state index is 12.8. The fourth-order valence-corrected chi connectivity index (χ4v) is 5.20. The highest BCUT2D eigenvalue weighted by atomic mass is 35.5. The second-order valence-corrected chi connectivity index (χ2v) is 7.88. The first-order valence-corrected chi connectivity index (χ1v) is 9.14. The van der Waals surface area contributed by atoms with Crippen LogP contribution in [0.1, 0.15) is 31.2 Å². The smallest absolute Gasteiger partial charge is 0.244 e. The van der Waals surface area contributed by atoms with Gasteiger partial charge in [-0.1, -0.05) is 23.7 Å². The van der Waals surface area contributed by atoms with Crippen LogP contribution >= 0.6 is 11.6 Å². The Morgan fingerprint density at radius 2 is 2.10 bits per heavy atom. The van der Waals surface area contributed by atoms with Gasteiger partial charge < -0.3 is 5.11 Å². The summed E-state index contributed by atoms with van der Waals surface area (Å²) in [5.74, 6) is 0.405. The molecule has 0 saturated carbocycles. The van der Waals surface area contributed by atoms with Crippen molar-refractivity contribution in [3.8, 4) is 0 Å². The lowest BCUT2D eigenvalue weighted by atomic mass is 9.98. The third kappa shape index (κ3) is 3.77. The van der Waals surface area contributed by atoms with E-state index in [1.165, 1.54) is 0 Å². The number of hydrogen-bond acceptors (Lipinski definition) is 3. The number of aliphatic hydroxyl groups is 1. The van der Waals surface area contributed by atoms with E-state index in [4.69, 9.17) is 16.7 Å². The van der Waals surface area contributed by atoms with E-state index in [1.807, 2.05) is 0 Å². The molecule has 1 aromatic rings. The molecule has 2 rings (SSSR count). The van der Waals surface area contributed by atoms with Crippen LogP contribution in [0.15, 0.2) is 23.1 Å². The normalized spacial score (nSPS) is 21.2. The number of hydrogen-bond donors (Lipinski definition) is 1. The summed E-state index contributed by atoms with van der Waals surface area (Å²) in [6.07, 6.45) is 3.34. The number of halogens is 1. The Labute approximate surface area is 131 Å². The van der Waals surface area contributed by atoms with Crippen molar-refractivity contribution in [1.29, 1.82) is 0 Å².